The Balaban J connectivity index is 1.63. The molecule has 1 aromatic carbocycles. The van der Waals surface area contributed by atoms with Crippen molar-refractivity contribution in [2.24, 2.45) is 5.92 Å². The largest absolute Gasteiger partial charge is 0.352 e. The molecule has 1 aliphatic rings. The number of likely N-dealkylation sites (tertiary alicyclic amines) is 1. The highest BCUT2D eigenvalue weighted by Gasteiger charge is 2.14. The van der Waals surface area contributed by atoms with Crippen LogP contribution in [0.2, 0.25) is 0 Å². The molecule has 0 radical (unpaired) electrons. The Labute approximate surface area is 122 Å². The van der Waals surface area contributed by atoms with Gasteiger partial charge in [-0.15, -0.1) is 0 Å². The molecule has 3 nitrogen and oxygen atoms in total. The zero-order chi connectivity index (χ0) is 14.4. The molecule has 0 aliphatic carbocycles. The topological polar surface area (TPSA) is 32.3 Å². The molecular formula is C17H26N2O. The maximum absolute atomic E-state index is 11.9. The summed E-state index contributed by atoms with van der Waals surface area (Å²) < 4.78 is 0. The molecule has 1 N–H and O–H groups in total. The Bertz CT molecular complexity index is 419. The molecule has 0 saturated carbocycles. The third kappa shape index (κ3) is 4.64. The molecule has 1 saturated heterocycles. The summed E-state index contributed by atoms with van der Waals surface area (Å²) in [5.74, 6) is 0.921. The van der Waals surface area contributed by atoms with E-state index in [0.29, 0.717) is 0 Å². The average molecular weight is 274 g/mol. The molecule has 1 aromatic rings. The lowest BCUT2D eigenvalue weighted by Crippen LogP contribution is -2.35. The maximum atomic E-state index is 11.9. The molecule has 1 aliphatic heterocycles. The third-order valence-electron chi connectivity index (χ3n) is 4.13. The fraction of sp³-hybridized carbons (Fsp3) is 0.588. The summed E-state index contributed by atoms with van der Waals surface area (Å²) in [6.07, 6.45) is 3.66. The second kappa shape index (κ2) is 7.44. The Kier molecular flexibility index (Phi) is 5.60. The Morgan fingerprint density at radius 2 is 1.90 bits per heavy atom. The number of nitrogens with zero attached hydrogens (tertiary/aromatic N) is 1. The summed E-state index contributed by atoms with van der Waals surface area (Å²) in [6.45, 7) is 8.65. The maximum Gasteiger partial charge on any atom is 0.251 e. The molecule has 2 rings (SSSR count). The van der Waals surface area contributed by atoms with Crippen LogP contribution in [0.4, 0.5) is 0 Å². The normalized spacial score (nSPS) is 17.1. The van der Waals surface area contributed by atoms with E-state index < -0.39 is 0 Å². The van der Waals surface area contributed by atoms with Gasteiger partial charge in [0.15, 0.2) is 0 Å². The van der Waals surface area contributed by atoms with E-state index in [4.69, 9.17) is 0 Å². The van der Waals surface area contributed by atoms with Gasteiger partial charge in [-0.3, -0.25) is 4.79 Å². The summed E-state index contributed by atoms with van der Waals surface area (Å²) in [7, 11) is 0. The van der Waals surface area contributed by atoms with Crippen molar-refractivity contribution in [1.82, 2.24) is 10.2 Å². The first-order valence-corrected chi connectivity index (χ1v) is 7.72. The number of aryl methyl sites for hydroxylation is 1. The fourth-order valence-corrected chi connectivity index (χ4v) is 2.60. The van der Waals surface area contributed by atoms with Crippen LogP contribution in [0.15, 0.2) is 24.3 Å². The summed E-state index contributed by atoms with van der Waals surface area (Å²) in [4.78, 5) is 14.4. The zero-order valence-corrected chi connectivity index (χ0v) is 12.7. The minimum atomic E-state index is 0.0391. The quantitative estimate of drug-likeness (QED) is 0.837. The van der Waals surface area contributed by atoms with Crippen molar-refractivity contribution in [3.05, 3.63) is 35.4 Å². The Morgan fingerprint density at radius 3 is 2.55 bits per heavy atom. The van der Waals surface area contributed by atoms with Gasteiger partial charge in [0.25, 0.3) is 5.91 Å². The Hall–Kier alpha value is -1.35. The SMILES string of the molecule is Cc1ccc(C(=O)NCCCN2CCC(C)CC2)cc1. The first-order valence-electron chi connectivity index (χ1n) is 7.72. The summed E-state index contributed by atoms with van der Waals surface area (Å²) >= 11 is 0. The smallest absolute Gasteiger partial charge is 0.251 e. The van der Waals surface area contributed by atoms with Gasteiger partial charge in [0.2, 0.25) is 0 Å². The minimum absolute atomic E-state index is 0.0391. The highest BCUT2D eigenvalue weighted by atomic mass is 16.1. The van der Waals surface area contributed by atoms with Gasteiger partial charge in [0.1, 0.15) is 0 Å². The van der Waals surface area contributed by atoms with Crippen LogP contribution < -0.4 is 5.32 Å². The fourth-order valence-electron chi connectivity index (χ4n) is 2.60. The van der Waals surface area contributed by atoms with Crippen molar-refractivity contribution in [2.75, 3.05) is 26.2 Å². The third-order valence-corrected chi connectivity index (χ3v) is 4.13. The molecule has 0 aromatic heterocycles. The first-order chi connectivity index (χ1) is 9.65. The second-order valence-electron chi connectivity index (χ2n) is 6.00. The lowest BCUT2D eigenvalue weighted by molar-refractivity contribution is 0.0950. The van der Waals surface area contributed by atoms with Gasteiger partial charge >= 0.3 is 0 Å². The van der Waals surface area contributed by atoms with Crippen LogP contribution >= 0.6 is 0 Å². The van der Waals surface area contributed by atoms with Gasteiger partial charge in [0, 0.05) is 12.1 Å². The van der Waals surface area contributed by atoms with E-state index in [-0.39, 0.29) is 5.91 Å². The number of rotatable bonds is 5. The predicted molar refractivity (Wildman–Crippen MR) is 83.0 cm³/mol. The van der Waals surface area contributed by atoms with E-state index in [9.17, 15) is 4.79 Å². The molecule has 0 spiro atoms. The van der Waals surface area contributed by atoms with Crippen LogP contribution in [0.3, 0.4) is 0 Å². The van der Waals surface area contributed by atoms with Crippen LogP contribution in [0.5, 0.6) is 0 Å². The number of piperidine rings is 1. The molecule has 1 fully saturated rings. The molecular weight excluding hydrogens is 248 g/mol. The van der Waals surface area contributed by atoms with Crippen molar-refractivity contribution in [2.45, 2.75) is 33.1 Å². The van der Waals surface area contributed by atoms with Gasteiger partial charge in [0.05, 0.1) is 0 Å². The zero-order valence-electron chi connectivity index (χ0n) is 12.7. The summed E-state index contributed by atoms with van der Waals surface area (Å²) in [5, 5.41) is 3.00. The number of hydrogen-bond acceptors (Lipinski definition) is 2. The molecule has 0 unspecified atom stereocenters. The van der Waals surface area contributed by atoms with Crippen molar-refractivity contribution in [1.29, 1.82) is 0 Å². The summed E-state index contributed by atoms with van der Waals surface area (Å²) in [6, 6.07) is 7.72. The highest BCUT2D eigenvalue weighted by Crippen LogP contribution is 2.15. The van der Waals surface area contributed by atoms with Crippen molar-refractivity contribution in [3.8, 4) is 0 Å². The lowest BCUT2D eigenvalue weighted by atomic mass is 9.99. The number of carbonyl (C=O) groups excluding carboxylic acids is 1. The van der Waals surface area contributed by atoms with Gasteiger partial charge in [-0.1, -0.05) is 24.6 Å². The first kappa shape index (κ1) is 15.0. The summed E-state index contributed by atoms with van der Waals surface area (Å²) in [5.41, 5.74) is 1.93. The van der Waals surface area contributed by atoms with Crippen LogP contribution in [0.25, 0.3) is 0 Å². The number of benzene rings is 1. The number of hydrogen-bond donors (Lipinski definition) is 1. The van der Waals surface area contributed by atoms with Gasteiger partial charge < -0.3 is 10.2 Å². The van der Waals surface area contributed by atoms with Crippen molar-refractivity contribution < 1.29 is 4.79 Å². The molecule has 20 heavy (non-hydrogen) atoms. The van der Waals surface area contributed by atoms with E-state index in [1.807, 2.05) is 31.2 Å². The molecule has 110 valence electrons. The molecule has 0 atom stereocenters. The van der Waals surface area contributed by atoms with E-state index in [2.05, 4.69) is 17.1 Å². The molecule has 1 amide bonds. The number of amides is 1. The Morgan fingerprint density at radius 1 is 1.25 bits per heavy atom. The van der Waals surface area contributed by atoms with Gasteiger partial charge in [-0.25, -0.2) is 0 Å². The lowest BCUT2D eigenvalue weighted by Gasteiger charge is -2.30. The minimum Gasteiger partial charge on any atom is -0.352 e. The monoisotopic (exact) mass is 274 g/mol. The van der Waals surface area contributed by atoms with E-state index in [0.717, 1.165) is 31.0 Å². The molecule has 3 heteroatoms. The van der Waals surface area contributed by atoms with Crippen LogP contribution in [0, 0.1) is 12.8 Å². The van der Waals surface area contributed by atoms with Crippen LogP contribution in [-0.2, 0) is 0 Å². The average Bonchev–Trinajstić information content (AvgIpc) is 2.46. The van der Waals surface area contributed by atoms with Crippen molar-refractivity contribution >= 4 is 5.91 Å². The van der Waals surface area contributed by atoms with Gasteiger partial charge in [-0.2, -0.15) is 0 Å². The van der Waals surface area contributed by atoms with Crippen LogP contribution in [0.1, 0.15) is 42.1 Å². The van der Waals surface area contributed by atoms with Gasteiger partial charge in [-0.05, 0) is 63.9 Å². The standard InChI is InChI=1S/C17H26N2O/c1-14-4-6-16(7-5-14)17(20)18-10-3-11-19-12-8-15(2)9-13-19/h4-7,15H,3,8-13H2,1-2H3,(H,18,20). The molecule has 0 bridgehead atoms. The number of carbonyl (C=O) groups is 1. The van der Waals surface area contributed by atoms with Crippen LogP contribution in [-0.4, -0.2) is 37.0 Å². The predicted octanol–water partition coefficient (Wildman–Crippen LogP) is 2.85. The number of nitrogens with one attached hydrogen (secondary N) is 1. The van der Waals surface area contributed by atoms with E-state index >= 15 is 0 Å². The van der Waals surface area contributed by atoms with E-state index in [1.165, 1.54) is 31.5 Å². The molecule has 1 heterocycles. The van der Waals surface area contributed by atoms with E-state index in [1.54, 1.807) is 0 Å². The second-order valence-corrected chi connectivity index (χ2v) is 6.00. The van der Waals surface area contributed by atoms with Crippen molar-refractivity contribution in [3.63, 3.8) is 0 Å². The highest BCUT2D eigenvalue weighted by molar-refractivity contribution is 5.94.